The van der Waals surface area contributed by atoms with Gasteiger partial charge in [0.2, 0.25) is 0 Å². The van der Waals surface area contributed by atoms with Gasteiger partial charge in [-0.3, -0.25) is 4.79 Å². The molecule has 3 N–H and O–H groups in total. The maximum atomic E-state index is 11.9. The minimum absolute atomic E-state index is 0.126. The number of carbonyl (C=O) groups excluding carboxylic acids is 1. The molecule has 0 unspecified atom stereocenters. The third kappa shape index (κ3) is 2.64. The van der Waals surface area contributed by atoms with Crippen LogP contribution < -0.4 is 11.1 Å². The predicted molar refractivity (Wildman–Crippen MR) is 70.0 cm³/mol. The molecule has 0 heterocycles. The highest BCUT2D eigenvalue weighted by atomic mass is 16.1. The number of rotatable bonds is 2. The molecule has 2 aromatic rings. The zero-order valence-corrected chi connectivity index (χ0v) is 9.60. The minimum Gasteiger partial charge on any atom is -0.399 e. The summed E-state index contributed by atoms with van der Waals surface area (Å²) < 4.78 is 0. The summed E-state index contributed by atoms with van der Waals surface area (Å²) in [6, 6.07) is 14.6. The Labute approximate surface area is 100 Å². The van der Waals surface area contributed by atoms with Crippen LogP contribution in [0.5, 0.6) is 0 Å². The maximum Gasteiger partial charge on any atom is 0.255 e. The molecule has 1 amide bonds. The van der Waals surface area contributed by atoms with Gasteiger partial charge in [-0.1, -0.05) is 24.3 Å². The van der Waals surface area contributed by atoms with Crippen LogP contribution in [0, 0.1) is 6.92 Å². The van der Waals surface area contributed by atoms with Gasteiger partial charge in [-0.05, 0) is 36.8 Å². The SMILES string of the molecule is Cc1ccc(N)cc1NC(=O)c1ccccc1. The fraction of sp³-hybridized carbons (Fsp3) is 0.0714. The fourth-order valence-corrected chi connectivity index (χ4v) is 1.56. The number of nitrogen functional groups attached to an aromatic ring is 1. The molecule has 0 saturated carbocycles. The van der Waals surface area contributed by atoms with Crippen molar-refractivity contribution < 1.29 is 4.79 Å². The molecule has 0 aromatic heterocycles. The lowest BCUT2D eigenvalue weighted by molar-refractivity contribution is 0.102. The standard InChI is InChI=1S/C14H14N2O/c1-10-7-8-12(15)9-13(10)16-14(17)11-5-3-2-4-6-11/h2-9H,15H2,1H3,(H,16,17). The normalized spacial score (nSPS) is 9.94. The van der Waals surface area contributed by atoms with Gasteiger partial charge in [-0.15, -0.1) is 0 Å². The van der Waals surface area contributed by atoms with Gasteiger partial charge in [0.15, 0.2) is 0 Å². The summed E-state index contributed by atoms with van der Waals surface area (Å²) in [5, 5.41) is 2.85. The summed E-state index contributed by atoms with van der Waals surface area (Å²) in [6.45, 7) is 1.93. The van der Waals surface area contributed by atoms with Gasteiger partial charge < -0.3 is 11.1 Å². The molecule has 17 heavy (non-hydrogen) atoms. The summed E-state index contributed by atoms with van der Waals surface area (Å²) in [7, 11) is 0. The van der Waals surface area contributed by atoms with Crippen molar-refractivity contribution in [1.82, 2.24) is 0 Å². The number of aryl methyl sites for hydroxylation is 1. The second-order valence-corrected chi connectivity index (χ2v) is 3.89. The second-order valence-electron chi connectivity index (χ2n) is 3.89. The van der Waals surface area contributed by atoms with E-state index in [9.17, 15) is 4.79 Å². The molecule has 86 valence electrons. The second kappa shape index (κ2) is 4.70. The van der Waals surface area contributed by atoms with Gasteiger partial charge in [0.1, 0.15) is 0 Å². The van der Waals surface area contributed by atoms with Crippen LogP contribution in [0.25, 0.3) is 0 Å². The van der Waals surface area contributed by atoms with Gasteiger partial charge in [-0.2, -0.15) is 0 Å². The van der Waals surface area contributed by atoms with Crippen molar-refractivity contribution >= 4 is 17.3 Å². The lowest BCUT2D eigenvalue weighted by Gasteiger charge is -2.09. The van der Waals surface area contributed by atoms with Gasteiger partial charge in [-0.25, -0.2) is 0 Å². The largest absolute Gasteiger partial charge is 0.399 e. The highest BCUT2D eigenvalue weighted by Crippen LogP contribution is 2.18. The van der Waals surface area contributed by atoms with Crippen LogP contribution in [-0.2, 0) is 0 Å². The molecular formula is C14H14N2O. The van der Waals surface area contributed by atoms with Gasteiger partial charge in [0.05, 0.1) is 0 Å². The zero-order chi connectivity index (χ0) is 12.3. The van der Waals surface area contributed by atoms with E-state index in [1.165, 1.54) is 0 Å². The molecule has 0 bridgehead atoms. The molecule has 0 aliphatic heterocycles. The van der Waals surface area contributed by atoms with Crippen molar-refractivity contribution in [3.8, 4) is 0 Å². The first kappa shape index (κ1) is 11.2. The van der Waals surface area contributed by atoms with E-state index < -0.39 is 0 Å². The van der Waals surface area contributed by atoms with E-state index in [4.69, 9.17) is 5.73 Å². The average Bonchev–Trinajstić information content (AvgIpc) is 2.35. The number of anilines is 2. The van der Waals surface area contributed by atoms with Crippen LogP contribution in [0.4, 0.5) is 11.4 Å². The van der Waals surface area contributed by atoms with E-state index in [1.807, 2.05) is 37.3 Å². The first-order valence-electron chi connectivity index (χ1n) is 5.39. The molecule has 2 aromatic carbocycles. The number of hydrogen-bond acceptors (Lipinski definition) is 2. The van der Waals surface area contributed by atoms with Crippen molar-refractivity contribution in [1.29, 1.82) is 0 Å². The molecule has 3 heteroatoms. The van der Waals surface area contributed by atoms with Crippen LogP contribution in [0.1, 0.15) is 15.9 Å². The van der Waals surface area contributed by atoms with Gasteiger partial charge in [0, 0.05) is 16.9 Å². The monoisotopic (exact) mass is 226 g/mol. The minimum atomic E-state index is -0.126. The Kier molecular flexibility index (Phi) is 3.10. The summed E-state index contributed by atoms with van der Waals surface area (Å²) in [5.74, 6) is -0.126. The van der Waals surface area contributed by atoms with Crippen molar-refractivity contribution in [2.24, 2.45) is 0 Å². The van der Waals surface area contributed by atoms with E-state index in [2.05, 4.69) is 5.32 Å². The molecule has 3 nitrogen and oxygen atoms in total. The topological polar surface area (TPSA) is 55.1 Å². The van der Waals surface area contributed by atoms with Crippen molar-refractivity contribution in [3.63, 3.8) is 0 Å². The molecule has 0 fully saturated rings. The summed E-state index contributed by atoms with van der Waals surface area (Å²) in [6.07, 6.45) is 0. The van der Waals surface area contributed by atoms with E-state index in [0.717, 1.165) is 11.3 Å². The predicted octanol–water partition coefficient (Wildman–Crippen LogP) is 2.83. The summed E-state index contributed by atoms with van der Waals surface area (Å²) in [5.41, 5.74) is 8.70. The van der Waals surface area contributed by atoms with E-state index in [1.54, 1.807) is 18.2 Å². The quantitative estimate of drug-likeness (QED) is 0.773. The van der Waals surface area contributed by atoms with E-state index in [0.29, 0.717) is 11.3 Å². The molecule has 0 saturated heterocycles. The molecule has 0 aliphatic carbocycles. The van der Waals surface area contributed by atoms with Crippen molar-refractivity contribution in [3.05, 3.63) is 59.7 Å². The zero-order valence-electron chi connectivity index (χ0n) is 9.60. The summed E-state index contributed by atoms with van der Waals surface area (Å²) >= 11 is 0. The third-order valence-corrected chi connectivity index (χ3v) is 2.55. The maximum absolute atomic E-state index is 11.9. The molecule has 0 spiro atoms. The number of amides is 1. The molecule has 0 radical (unpaired) electrons. The number of nitrogens with two attached hydrogens (primary N) is 1. The number of hydrogen-bond donors (Lipinski definition) is 2. The highest BCUT2D eigenvalue weighted by Gasteiger charge is 2.06. The number of carbonyl (C=O) groups is 1. The average molecular weight is 226 g/mol. The number of nitrogens with one attached hydrogen (secondary N) is 1. The van der Waals surface area contributed by atoms with Gasteiger partial charge >= 0.3 is 0 Å². The van der Waals surface area contributed by atoms with Crippen LogP contribution in [0.2, 0.25) is 0 Å². The van der Waals surface area contributed by atoms with Crippen LogP contribution in [-0.4, -0.2) is 5.91 Å². The third-order valence-electron chi connectivity index (χ3n) is 2.55. The Morgan fingerprint density at radius 2 is 1.82 bits per heavy atom. The Bertz CT molecular complexity index is 535. The number of benzene rings is 2. The summed E-state index contributed by atoms with van der Waals surface area (Å²) in [4.78, 5) is 11.9. The molecule has 0 aliphatic rings. The lowest BCUT2D eigenvalue weighted by Crippen LogP contribution is -2.12. The fourth-order valence-electron chi connectivity index (χ4n) is 1.56. The van der Waals surface area contributed by atoms with Crippen LogP contribution in [0.15, 0.2) is 48.5 Å². The lowest BCUT2D eigenvalue weighted by atomic mass is 10.1. The van der Waals surface area contributed by atoms with E-state index in [-0.39, 0.29) is 5.91 Å². The van der Waals surface area contributed by atoms with Crippen molar-refractivity contribution in [2.45, 2.75) is 6.92 Å². The van der Waals surface area contributed by atoms with Crippen LogP contribution in [0.3, 0.4) is 0 Å². The van der Waals surface area contributed by atoms with Gasteiger partial charge in [0.25, 0.3) is 5.91 Å². The highest BCUT2D eigenvalue weighted by molar-refractivity contribution is 6.04. The molecular weight excluding hydrogens is 212 g/mol. The Morgan fingerprint density at radius 1 is 1.12 bits per heavy atom. The Balaban J connectivity index is 2.22. The molecule has 0 atom stereocenters. The smallest absolute Gasteiger partial charge is 0.255 e. The molecule has 2 rings (SSSR count). The van der Waals surface area contributed by atoms with E-state index >= 15 is 0 Å². The van der Waals surface area contributed by atoms with Crippen LogP contribution >= 0.6 is 0 Å². The Morgan fingerprint density at radius 3 is 2.53 bits per heavy atom. The first-order valence-corrected chi connectivity index (χ1v) is 5.39. The Hall–Kier alpha value is -2.29. The van der Waals surface area contributed by atoms with Crippen molar-refractivity contribution in [2.75, 3.05) is 11.1 Å². The first-order chi connectivity index (χ1) is 8.16.